The smallest absolute Gasteiger partial charge is 0.242 e. The van der Waals surface area contributed by atoms with E-state index in [0.29, 0.717) is 36.2 Å². The second-order valence-electron chi connectivity index (χ2n) is 9.81. The molecular formula is C27H33ClN6O4S. The molecule has 1 atom stereocenters. The molecule has 2 fully saturated rings. The predicted molar refractivity (Wildman–Crippen MR) is 152 cm³/mol. The summed E-state index contributed by atoms with van der Waals surface area (Å²) in [5.74, 6) is 2.28. The monoisotopic (exact) mass is 572 g/mol. The molecule has 1 aliphatic heterocycles. The molecule has 1 saturated carbocycles. The molecule has 5 rings (SSSR count). The third-order valence-electron chi connectivity index (χ3n) is 6.58. The molecule has 0 amide bonds. The van der Waals surface area contributed by atoms with Crippen molar-refractivity contribution in [2.45, 2.75) is 37.2 Å². The number of hydrogen-bond acceptors (Lipinski definition) is 9. The third-order valence-corrected chi connectivity index (χ3v) is 8.34. The fourth-order valence-corrected chi connectivity index (χ4v) is 5.75. The average molecular weight is 573 g/mol. The number of nitrogens with zero attached hydrogens (tertiary/aromatic N) is 3. The number of hydrogen-bond donors (Lipinski definition) is 3. The minimum Gasteiger partial charge on any atom is -0.492 e. The number of benzene rings is 2. The van der Waals surface area contributed by atoms with E-state index in [1.807, 2.05) is 25.1 Å². The lowest BCUT2D eigenvalue weighted by Gasteiger charge is -2.17. The minimum atomic E-state index is -3.71. The van der Waals surface area contributed by atoms with Crippen LogP contribution in [0, 0.1) is 5.92 Å². The van der Waals surface area contributed by atoms with E-state index in [4.69, 9.17) is 21.1 Å². The van der Waals surface area contributed by atoms with Crippen molar-refractivity contribution in [2.24, 2.45) is 5.92 Å². The van der Waals surface area contributed by atoms with E-state index in [1.54, 1.807) is 24.3 Å². The fourth-order valence-electron chi connectivity index (χ4n) is 4.33. The second kappa shape index (κ2) is 12.0. The molecule has 39 heavy (non-hydrogen) atoms. The Morgan fingerprint density at radius 2 is 1.92 bits per heavy atom. The molecule has 1 aliphatic carbocycles. The largest absolute Gasteiger partial charge is 0.492 e. The maximum atomic E-state index is 13.0. The molecule has 3 N–H and O–H groups in total. The van der Waals surface area contributed by atoms with Crippen molar-refractivity contribution < 1.29 is 17.9 Å². The molecule has 10 nitrogen and oxygen atoms in total. The van der Waals surface area contributed by atoms with Crippen LogP contribution in [0.4, 0.5) is 23.1 Å². The minimum absolute atomic E-state index is 0.123. The van der Waals surface area contributed by atoms with E-state index in [0.717, 1.165) is 38.1 Å². The summed E-state index contributed by atoms with van der Waals surface area (Å²) in [6, 6.07) is 12.2. The van der Waals surface area contributed by atoms with Crippen molar-refractivity contribution in [1.29, 1.82) is 0 Å². The average Bonchev–Trinajstić information content (AvgIpc) is 3.66. The Balaban J connectivity index is 1.34. The first kappa shape index (κ1) is 27.4. The van der Waals surface area contributed by atoms with Gasteiger partial charge in [0.2, 0.25) is 16.0 Å². The van der Waals surface area contributed by atoms with Gasteiger partial charge >= 0.3 is 0 Å². The van der Waals surface area contributed by atoms with Gasteiger partial charge in [0.25, 0.3) is 0 Å². The van der Waals surface area contributed by atoms with Gasteiger partial charge in [0.05, 0.1) is 24.2 Å². The standard InChI is InChI=1S/C27H33ClN6O4S/c1-3-37-24-14-19(38-20-12-13-34(2)17-20)10-11-22(24)32-27-29-16-21(28)26(33-27)31-23-6-4-5-7-25(23)39(35,36)30-15-18-8-9-18/h4-7,10-11,14,16,18,20,30H,3,8-9,12-13,15,17H2,1-2H3,(H2,29,31,32,33)/t20-/m1/s1. The van der Waals surface area contributed by atoms with E-state index in [-0.39, 0.29) is 27.8 Å². The third kappa shape index (κ3) is 7.10. The molecule has 3 aromatic rings. The zero-order valence-corrected chi connectivity index (χ0v) is 23.6. The molecule has 1 aromatic heterocycles. The van der Waals surface area contributed by atoms with Crippen LogP contribution in [0.3, 0.4) is 0 Å². The zero-order valence-electron chi connectivity index (χ0n) is 22.0. The van der Waals surface area contributed by atoms with Gasteiger partial charge in [-0.3, -0.25) is 0 Å². The summed E-state index contributed by atoms with van der Waals surface area (Å²) in [5.41, 5.74) is 1.02. The summed E-state index contributed by atoms with van der Waals surface area (Å²) >= 11 is 6.39. The van der Waals surface area contributed by atoms with Gasteiger partial charge in [0, 0.05) is 25.7 Å². The van der Waals surface area contributed by atoms with Crippen LogP contribution in [-0.4, -0.2) is 62.7 Å². The Morgan fingerprint density at radius 3 is 2.67 bits per heavy atom. The summed E-state index contributed by atoms with van der Waals surface area (Å²) in [7, 11) is -1.63. The Hall–Kier alpha value is -3.12. The van der Waals surface area contributed by atoms with Crippen LogP contribution in [-0.2, 0) is 10.0 Å². The summed E-state index contributed by atoms with van der Waals surface area (Å²) in [6.07, 6.45) is 4.68. The maximum absolute atomic E-state index is 13.0. The second-order valence-corrected chi connectivity index (χ2v) is 12.0. The van der Waals surface area contributed by atoms with Crippen LogP contribution in [0.5, 0.6) is 11.5 Å². The number of nitrogens with one attached hydrogen (secondary N) is 3. The first-order valence-corrected chi connectivity index (χ1v) is 14.9. The number of likely N-dealkylation sites (N-methyl/N-ethyl adjacent to an activating group) is 1. The summed E-state index contributed by atoms with van der Waals surface area (Å²) < 4.78 is 40.6. The molecule has 1 saturated heterocycles. The quantitative estimate of drug-likeness (QED) is 0.281. The molecule has 12 heteroatoms. The normalized spacial score (nSPS) is 17.7. The fraction of sp³-hybridized carbons (Fsp3) is 0.407. The highest BCUT2D eigenvalue weighted by Gasteiger charge is 2.26. The molecule has 0 bridgehead atoms. The maximum Gasteiger partial charge on any atom is 0.242 e. The highest BCUT2D eigenvalue weighted by Crippen LogP contribution is 2.34. The Kier molecular flexibility index (Phi) is 8.41. The van der Waals surface area contributed by atoms with Crippen molar-refractivity contribution in [2.75, 3.05) is 43.9 Å². The first-order valence-electron chi connectivity index (χ1n) is 13.1. The SMILES string of the molecule is CCOc1cc(O[C@@H]2CCN(C)C2)ccc1Nc1ncc(Cl)c(Nc2ccccc2S(=O)(=O)NCC2CC2)n1. The molecule has 0 unspecified atom stereocenters. The molecule has 2 heterocycles. The lowest BCUT2D eigenvalue weighted by Crippen LogP contribution is -2.26. The highest BCUT2D eigenvalue weighted by molar-refractivity contribution is 7.89. The van der Waals surface area contributed by atoms with Crippen molar-refractivity contribution >= 4 is 44.8 Å². The van der Waals surface area contributed by atoms with Crippen LogP contribution in [0.15, 0.2) is 53.6 Å². The van der Waals surface area contributed by atoms with Crippen LogP contribution >= 0.6 is 11.6 Å². The number of halogens is 1. The predicted octanol–water partition coefficient (Wildman–Crippen LogP) is 4.79. The van der Waals surface area contributed by atoms with E-state index in [9.17, 15) is 8.42 Å². The van der Waals surface area contributed by atoms with Crippen molar-refractivity contribution in [3.63, 3.8) is 0 Å². The highest BCUT2D eigenvalue weighted by atomic mass is 35.5. The summed E-state index contributed by atoms with van der Waals surface area (Å²) in [5, 5.41) is 6.50. The number of aromatic nitrogens is 2. The lowest BCUT2D eigenvalue weighted by atomic mass is 10.2. The van der Waals surface area contributed by atoms with E-state index >= 15 is 0 Å². The summed E-state index contributed by atoms with van der Waals surface area (Å²) in [6.45, 7) is 4.72. The van der Waals surface area contributed by atoms with Gasteiger partial charge in [-0.15, -0.1) is 0 Å². The Bertz CT molecular complexity index is 1420. The molecule has 2 aliphatic rings. The van der Waals surface area contributed by atoms with Gasteiger partial charge in [0.15, 0.2) is 5.82 Å². The van der Waals surface area contributed by atoms with Crippen LogP contribution in [0.25, 0.3) is 0 Å². The number of anilines is 4. The molecule has 0 spiro atoms. The Labute approximate surface area is 234 Å². The number of para-hydroxylation sites is 1. The summed E-state index contributed by atoms with van der Waals surface area (Å²) in [4.78, 5) is 11.2. The molecule has 2 aromatic carbocycles. The van der Waals surface area contributed by atoms with Gasteiger partial charge < -0.3 is 25.0 Å². The van der Waals surface area contributed by atoms with Crippen molar-refractivity contribution in [3.8, 4) is 11.5 Å². The first-order chi connectivity index (χ1) is 18.8. The van der Waals surface area contributed by atoms with Gasteiger partial charge in [-0.05, 0) is 63.4 Å². The van der Waals surface area contributed by atoms with Crippen LogP contribution in [0.2, 0.25) is 5.02 Å². The zero-order chi connectivity index (χ0) is 27.4. The van der Waals surface area contributed by atoms with Gasteiger partial charge in [-0.2, -0.15) is 4.98 Å². The number of likely N-dealkylation sites (tertiary alicyclic amines) is 1. The number of ether oxygens (including phenoxy) is 2. The van der Waals surface area contributed by atoms with Gasteiger partial charge in [0.1, 0.15) is 27.5 Å². The Morgan fingerprint density at radius 1 is 1.10 bits per heavy atom. The van der Waals surface area contributed by atoms with Crippen LogP contribution in [0.1, 0.15) is 26.2 Å². The van der Waals surface area contributed by atoms with E-state index in [2.05, 4.69) is 37.3 Å². The number of sulfonamides is 1. The van der Waals surface area contributed by atoms with Crippen molar-refractivity contribution in [1.82, 2.24) is 19.6 Å². The molecular weight excluding hydrogens is 540 g/mol. The number of rotatable bonds is 12. The lowest BCUT2D eigenvalue weighted by molar-refractivity contribution is 0.207. The van der Waals surface area contributed by atoms with Crippen LogP contribution < -0.4 is 24.8 Å². The van der Waals surface area contributed by atoms with Gasteiger partial charge in [-0.25, -0.2) is 18.1 Å². The molecule has 208 valence electrons. The van der Waals surface area contributed by atoms with E-state index in [1.165, 1.54) is 6.20 Å². The van der Waals surface area contributed by atoms with Gasteiger partial charge in [-0.1, -0.05) is 23.7 Å². The van der Waals surface area contributed by atoms with Crippen molar-refractivity contribution in [3.05, 3.63) is 53.7 Å². The van der Waals surface area contributed by atoms with E-state index < -0.39 is 10.0 Å². The molecule has 0 radical (unpaired) electrons. The topological polar surface area (TPSA) is 118 Å².